The van der Waals surface area contributed by atoms with E-state index in [4.69, 9.17) is 23.4 Å². The summed E-state index contributed by atoms with van der Waals surface area (Å²) < 4.78 is 27.3. The molecule has 0 N–H and O–H groups in total. The molecule has 0 fully saturated rings. The molecule has 0 amide bonds. The fourth-order valence-corrected chi connectivity index (χ4v) is 3.37. The molecule has 0 atom stereocenters. The third kappa shape index (κ3) is 5.09. The summed E-state index contributed by atoms with van der Waals surface area (Å²) in [5, 5.41) is 0.654. The van der Waals surface area contributed by atoms with Crippen LogP contribution in [0.1, 0.15) is 28.4 Å². The highest BCUT2D eigenvalue weighted by Gasteiger charge is 2.19. The molecule has 0 saturated carbocycles. The largest absolute Gasteiger partial charge is 0.493 e. The van der Waals surface area contributed by atoms with Crippen LogP contribution in [0.2, 0.25) is 0 Å². The molecule has 0 unspecified atom stereocenters. The number of methoxy groups -OCH3 is 3. The van der Waals surface area contributed by atoms with Crippen LogP contribution in [-0.4, -0.2) is 33.7 Å². The van der Waals surface area contributed by atoms with Crippen LogP contribution in [0.25, 0.3) is 17.0 Å². The first kappa shape index (κ1) is 23.7. The van der Waals surface area contributed by atoms with E-state index in [0.29, 0.717) is 39.5 Å². The second-order valence-electron chi connectivity index (χ2n) is 7.47. The molecule has 0 radical (unpaired) electrons. The maximum Gasteiger partial charge on any atom is 0.336 e. The maximum absolute atomic E-state index is 13.3. The first-order valence-electron chi connectivity index (χ1n) is 10.2. The molecule has 0 bridgehead atoms. The summed E-state index contributed by atoms with van der Waals surface area (Å²) in [6.07, 6.45) is 2.99. The van der Waals surface area contributed by atoms with Crippen molar-refractivity contribution in [3.05, 3.63) is 75.7 Å². The molecule has 0 aliphatic rings. The van der Waals surface area contributed by atoms with Crippen molar-refractivity contribution in [2.24, 2.45) is 0 Å². The van der Waals surface area contributed by atoms with E-state index < -0.39 is 5.63 Å². The first-order chi connectivity index (χ1) is 15.8. The van der Waals surface area contributed by atoms with Gasteiger partial charge in [-0.05, 0) is 60.9 Å². The van der Waals surface area contributed by atoms with Crippen molar-refractivity contribution < 1.29 is 28.2 Å². The highest BCUT2D eigenvalue weighted by molar-refractivity contribution is 6.15. The van der Waals surface area contributed by atoms with Crippen LogP contribution >= 0.6 is 0 Å². The number of aryl methyl sites for hydroxylation is 1. The van der Waals surface area contributed by atoms with E-state index in [-0.39, 0.29) is 23.5 Å². The van der Waals surface area contributed by atoms with E-state index in [1.807, 2.05) is 6.92 Å². The van der Waals surface area contributed by atoms with E-state index >= 15 is 0 Å². The van der Waals surface area contributed by atoms with Crippen LogP contribution in [0.4, 0.5) is 0 Å². The molecule has 1 aromatic heterocycles. The molecule has 0 saturated heterocycles. The van der Waals surface area contributed by atoms with Crippen molar-refractivity contribution >= 4 is 22.8 Å². The third-order valence-electron chi connectivity index (χ3n) is 4.92. The lowest BCUT2D eigenvalue weighted by Gasteiger charge is -2.13. The van der Waals surface area contributed by atoms with Gasteiger partial charge in [-0.3, -0.25) is 4.79 Å². The topological polar surface area (TPSA) is 84.2 Å². The lowest BCUT2D eigenvalue weighted by Crippen LogP contribution is -2.07. The van der Waals surface area contributed by atoms with Gasteiger partial charge in [0.1, 0.15) is 17.9 Å². The highest BCUT2D eigenvalue weighted by Crippen LogP contribution is 2.38. The number of carbonyl (C=O) groups is 1. The number of ether oxygens (including phenoxy) is 4. The number of allylic oxidation sites excluding steroid dienone is 1. The van der Waals surface area contributed by atoms with Gasteiger partial charge in [0.25, 0.3) is 0 Å². The minimum atomic E-state index is -0.542. The van der Waals surface area contributed by atoms with Crippen molar-refractivity contribution in [3.8, 4) is 23.0 Å². The van der Waals surface area contributed by atoms with Gasteiger partial charge in [0.15, 0.2) is 22.9 Å². The molecule has 0 spiro atoms. The number of hydrogen-bond donors (Lipinski definition) is 0. The van der Waals surface area contributed by atoms with Gasteiger partial charge in [0, 0.05) is 11.5 Å². The predicted octanol–water partition coefficient (Wildman–Crippen LogP) is 4.98. The van der Waals surface area contributed by atoms with E-state index in [9.17, 15) is 9.59 Å². The van der Waals surface area contributed by atoms with Gasteiger partial charge in [0.05, 0.1) is 21.3 Å². The molecule has 172 valence electrons. The van der Waals surface area contributed by atoms with Gasteiger partial charge in [-0.15, -0.1) is 0 Å². The zero-order valence-electron chi connectivity index (χ0n) is 19.3. The normalized spacial score (nSPS) is 10.9. The Hall–Kier alpha value is -4.00. The molecule has 0 aliphatic heterocycles. The Balaban J connectivity index is 2.11. The molecule has 0 aliphatic carbocycles. The van der Waals surface area contributed by atoms with E-state index in [0.717, 1.165) is 5.57 Å². The summed E-state index contributed by atoms with van der Waals surface area (Å²) in [4.78, 5) is 25.4. The van der Waals surface area contributed by atoms with Gasteiger partial charge >= 0.3 is 5.63 Å². The smallest absolute Gasteiger partial charge is 0.336 e. The number of ketones is 1. The fourth-order valence-electron chi connectivity index (χ4n) is 3.37. The summed E-state index contributed by atoms with van der Waals surface area (Å²) in [6.45, 7) is 7.65. The molecule has 1 heterocycles. The molecule has 33 heavy (non-hydrogen) atoms. The molecule has 7 heteroatoms. The van der Waals surface area contributed by atoms with E-state index in [1.54, 1.807) is 37.3 Å². The zero-order valence-corrected chi connectivity index (χ0v) is 19.3. The molecule has 2 aromatic carbocycles. The zero-order chi connectivity index (χ0) is 24.1. The second kappa shape index (κ2) is 10.1. The van der Waals surface area contributed by atoms with Crippen LogP contribution in [0.3, 0.4) is 0 Å². The quantitative estimate of drug-likeness (QED) is 0.197. The van der Waals surface area contributed by atoms with Crippen molar-refractivity contribution in [1.82, 2.24) is 0 Å². The Morgan fingerprint density at radius 2 is 1.70 bits per heavy atom. The van der Waals surface area contributed by atoms with Crippen molar-refractivity contribution in [2.45, 2.75) is 13.8 Å². The molecule has 3 aromatic rings. The summed E-state index contributed by atoms with van der Waals surface area (Å²) >= 11 is 0. The van der Waals surface area contributed by atoms with E-state index in [1.165, 1.54) is 33.5 Å². The van der Waals surface area contributed by atoms with Crippen molar-refractivity contribution in [3.63, 3.8) is 0 Å². The van der Waals surface area contributed by atoms with E-state index in [2.05, 4.69) is 6.58 Å². The minimum absolute atomic E-state index is 0.165. The number of benzene rings is 2. The molecular formula is C26H26O7. The third-order valence-corrected chi connectivity index (χ3v) is 4.92. The lowest BCUT2D eigenvalue weighted by molar-refractivity contribution is 0.104. The van der Waals surface area contributed by atoms with Crippen LogP contribution in [0.5, 0.6) is 23.0 Å². The molecular weight excluding hydrogens is 424 g/mol. The van der Waals surface area contributed by atoms with Gasteiger partial charge in [-0.25, -0.2) is 4.79 Å². The average Bonchev–Trinajstić information content (AvgIpc) is 2.79. The lowest BCUT2D eigenvalue weighted by atomic mass is 10.0. The van der Waals surface area contributed by atoms with Gasteiger partial charge in [-0.1, -0.05) is 12.7 Å². The summed E-state index contributed by atoms with van der Waals surface area (Å²) in [6, 6.07) is 8.28. The molecule has 3 rings (SSSR count). The summed E-state index contributed by atoms with van der Waals surface area (Å²) in [5.41, 5.74) is 1.94. The SMILES string of the molecule is C=C(C)COc1ccc2c(C)cc(=O)oc2c1C(=O)C=Cc1cc(OC)c(OC)c(OC)c1. The second-order valence-corrected chi connectivity index (χ2v) is 7.47. The van der Waals surface area contributed by atoms with Gasteiger partial charge in [-0.2, -0.15) is 0 Å². The minimum Gasteiger partial charge on any atom is -0.493 e. The Morgan fingerprint density at radius 3 is 2.27 bits per heavy atom. The van der Waals surface area contributed by atoms with Crippen LogP contribution in [-0.2, 0) is 0 Å². The maximum atomic E-state index is 13.3. The fraction of sp³-hybridized carbons (Fsp3) is 0.231. The Bertz CT molecular complexity index is 1270. The number of hydrogen-bond acceptors (Lipinski definition) is 7. The summed E-state index contributed by atoms with van der Waals surface area (Å²) in [7, 11) is 4.55. The monoisotopic (exact) mass is 450 g/mol. The Labute approximate surface area is 191 Å². The molecule has 7 nitrogen and oxygen atoms in total. The number of carbonyl (C=O) groups excluding carboxylic acids is 1. The predicted molar refractivity (Wildman–Crippen MR) is 127 cm³/mol. The Morgan fingerprint density at radius 1 is 1.03 bits per heavy atom. The Kier molecular flexibility index (Phi) is 7.23. The standard InChI is InChI=1S/C26H26O7/c1-15(2)14-32-20-10-8-18-16(3)11-23(28)33-25(18)24(20)19(27)9-7-17-12-21(29-4)26(31-6)22(13-17)30-5/h7-13H,1,14H2,2-6H3. The van der Waals surface area contributed by atoms with Crippen molar-refractivity contribution in [2.75, 3.05) is 27.9 Å². The van der Waals surface area contributed by atoms with Crippen LogP contribution in [0, 0.1) is 6.92 Å². The highest BCUT2D eigenvalue weighted by atomic mass is 16.5. The van der Waals surface area contributed by atoms with Gasteiger partial charge in [0.2, 0.25) is 5.75 Å². The van der Waals surface area contributed by atoms with Crippen LogP contribution < -0.4 is 24.6 Å². The average molecular weight is 450 g/mol. The van der Waals surface area contributed by atoms with Gasteiger partial charge < -0.3 is 23.4 Å². The van der Waals surface area contributed by atoms with Crippen molar-refractivity contribution in [1.29, 1.82) is 0 Å². The number of fused-ring (bicyclic) bond motifs is 1. The number of rotatable bonds is 9. The van der Waals surface area contributed by atoms with Crippen LogP contribution in [0.15, 0.2) is 57.8 Å². The first-order valence-corrected chi connectivity index (χ1v) is 10.2. The summed E-state index contributed by atoms with van der Waals surface area (Å²) in [5.74, 6) is 1.28.